The maximum Gasteiger partial charge on any atom is 0.325 e. The summed E-state index contributed by atoms with van der Waals surface area (Å²) in [4.78, 5) is 51.9. The third-order valence-corrected chi connectivity index (χ3v) is 6.85. The number of nitrogens with zero attached hydrogens (tertiary/aromatic N) is 1. The number of Topliss-reactive ketones (excluding diaryl/α,β-unsaturated/α-hetero) is 1. The number of imide groups is 1. The molecule has 0 saturated carbocycles. The van der Waals surface area contributed by atoms with Gasteiger partial charge in [0.2, 0.25) is 5.91 Å². The predicted octanol–water partition coefficient (Wildman–Crippen LogP) is 2.09. The van der Waals surface area contributed by atoms with Crippen molar-refractivity contribution in [3.05, 3.63) is 57.3 Å². The number of hydrogen-bond donors (Lipinski definition) is 2. The van der Waals surface area contributed by atoms with Crippen molar-refractivity contribution in [3.8, 4) is 0 Å². The van der Waals surface area contributed by atoms with Crippen LogP contribution in [0, 0.1) is 0 Å². The van der Waals surface area contributed by atoms with Crippen molar-refractivity contribution in [2.24, 2.45) is 0 Å². The number of hydrogen-bond acceptors (Lipinski definition) is 5. The van der Waals surface area contributed by atoms with Gasteiger partial charge < -0.3 is 10.6 Å². The highest BCUT2D eigenvalue weighted by Crippen LogP contribution is 2.33. The molecule has 1 aromatic heterocycles. The average Bonchev–Trinajstić information content (AvgIpc) is 3.27. The van der Waals surface area contributed by atoms with Crippen LogP contribution < -0.4 is 10.6 Å². The summed E-state index contributed by atoms with van der Waals surface area (Å²) in [7, 11) is 0. The molecule has 1 aliphatic heterocycles. The second-order valence-corrected chi connectivity index (χ2v) is 8.94. The highest BCUT2D eigenvalue weighted by molar-refractivity contribution is 7.14. The smallest absolute Gasteiger partial charge is 0.325 e. The molecule has 1 atom stereocenters. The molecular weight excluding hydrogens is 402 g/mol. The predicted molar refractivity (Wildman–Crippen MR) is 112 cm³/mol. The molecule has 2 aliphatic rings. The number of ketones is 1. The molecule has 0 radical (unpaired) electrons. The highest BCUT2D eigenvalue weighted by atomic mass is 32.1. The molecule has 30 heavy (non-hydrogen) atoms. The fourth-order valence-electron chi connectivity index (χ4n) is 4.09. The van der Waals surface area contributed by atoms with Gasteiger partial charge in [0.1, 0.15) is 5.54 Å². The van der Waals surface area contributed by atoms with Gasteiger partial charge in [0.25, 0.3) is 5.91 Å². The number of benzene rings is 1. The highest BCUT2D eigenvalue weighted by Gasteiger charge is 2.52. The molecule has 1 aliphatic carbocycles. The molecular formula is C22H23N3O4S. The molecule has 7 nitrogen and oxygen atoms in total. The maximum atomic E-state index is 13.1. The van der Waals surface area contributed by atoms with Crippen molar-refractivity contribution in [3.63, 3.8) is 0 Å². The Hall–Kier alpha value is -3.00. The fraction of sp³-hybridized carbons (Fsp3) is 0.364. The second-order valence-electron chi connectivity index (χ2n) is 7.77. The van der Waals surface area contributed by atoms with Crippen LogP contribution in [-0.2, 0) is 28.9 Å². The summed E-state index contributed by atoms with van der Waals surface area (Å²) in [5.74, 6) is -0.680. The summed E-state index contributed by atoms with van der Waals surface area (Å²) in [6.07, 6.45) is 2.33. The first kappa shape index (κ1) is 20.3. The minimum absolute atomic E-state index is 0.0966. The van der Waals surface area contributed by atoms with Gasteiger partial charge >= 0.3 is 6.03 Å². The van der Waals surface area contributed by atoms with Crippen LogP contribution in [0.25, 0.3) is 0 Å². The van der Waals surface area contributed by atoms with E-state index >= 15 is 0 Å². The Balaban J connectivity index is 1.42. The lowest BCUT2D eigenvalue weighted by Crippen LogP contribution is -2.51. The van der Waals surface area contributed by atoms with Crippen LogP contribution >= 0.6 is 11.3 Å². The molecule has 156 valence electrons. The lowest BCUT2D eigenvalue weighted by Gasteiger charge is -2.32. The summed E-state index contributed by atoms with van der Waals surface area (Å²) in [5, 5.41) is 5.58. The molecule has 1 fully saturated rings. The number of nitrogens with one attached hydrogen (secondary N) is 2. The normalized spacial score (nSPS) is 20.2. The SMILES string of the molecule is CC(=O)NCCc1ccc(C(=O)CN2C(=O)NC3(CCc4ccccc4C3)C2=O)s1. The Morgan fingerprint density at radius 3 is 2.70 bits per heavy atom. The van der Waals surface area contributed by atoms with E-state index in [1.54, 1.807) is 6.07 Å². The number of carbonyl (C=O) groups is 4. The molecule has 1 spiro atoms. The van der Waals surface area contributed by atoms with Crippen LogP contribution in [0.3, 0.4) is 0 Å². The quantitative estimate of drug-likeness (QED) is 0.547. The molecule has 4 amide bonds. The fourth-order valence-corrected chi connectivity index (χ4v) is 5.03. The summed E-state index contributed by atoms with van der Waals surface area (Å²) in [5.41, 5.74) is 1.31. The Labute approximate surface area is 178 Å². The third kappa shape index (κ3) is 3.87. The zero-order chi connectivity index (χ0) is 21.3. The summed E-state index contributed by atoms with van der Waals surface area (Å²) in [6.45, 7) is 1.69. The van der Waals surface area contributed by atoms with Gasteiger partial charge in [0.05, 0.1) is 11.4 Å². The number of rotatable bonds is 6. The van der Waals surface area contributed by atoms with Gasteiger partial charge in [-0.25, -0.2) is 4.79 Å². The van der Waals surface area contributed by atoms with Crippen molar-refractivity contribution in [1.82, 2.24) is 15.5 Å². The number of thiophene rings is 1. The van der Waals surface area contributed by atoms with Crippen molar-refractivity contribution < 1.29 is 19.2 Å². The van der Waals surface area contributed by atoms with E-state index in [9.17, 15) is 19.2 Å². The molecule has 4 rings (SSSR count). The number of aryl methyl sites for hydroxylation is 1. The lowest BCUT2D eigenvalue weighted by atomic mass is 9.78. The van der Waals surface area contributed by atoms with Gasteiger partial charge in [-0.3, -0.25) is 19.3 Å². The van der Waals surface area contributed by atoms with E-state index in [1.807, 2.05) is 30.3 Å². The first-order chi connectivity index (χ1) is 14.4. The molecule has 8 heteroatoms. The van der Waals surface area contributed by atoms with Crippen LogP contribution in [0.4, 0.5) is 4.79 Å². The van der Waals surface area contributed by atoms with Gasteiger partial charge in [0.15, 0.2) is 5.78 Å². The third-order valence-electron chi connectivity index (χ3n) is 5.66. The number of urea groups is 1. The van der Waals surface area contributed by atoms with Crippen molar-refractivity contribution >= 4 is 35.0 Å². The van der Waals surface area contributed by atoms with Crippen LogP contribution in [0.1, 0.15) is 39.0 Å². The topological polar surface area (TPSA) is 95.6 Å². The molecule has 2 heterocycles. The minimum Gasteiger partial charge on any atom is -0.356 e. The number of fused-ring (bicyclic) bond motifs is 1. The maximum absolute atomic E-state index is 13.1. The van der Waals surface area contributed by atoms with Gasteiger partial charge in [-0.1, -0.05) is 24.3 Å². The summed E-state index contributed by atoms with van der Waals surface area (Å²) < 4.78 is 0. The van der Waals surface area contributed by atoms with Crippen LogP contribution in [-0.4, -0.2) is 47.2 Å². The minimum atomic E-state index is -0.954. The van der Waals surface area contributed by atoms with E-state index in [0.717, 1.165) is 15.3 Å². The van der Waals surface area contributed by atoms with Crippen molar-refractivity contribution in [1.29, 1.82) is 0 Å². The molecule has 1 saturated heterocycles. The van der Waals surface area contributed by atoms with Crippen molar-refractivity contribution in [2.45, 2.75) is 38.1 Å². The van der Waals surface area contributed by atoms with E-state index in [-0.39, 0.29) is 24.1 Å². The van der Waals surface area contributed by atoms with Gasteiger partial charge in [-0.2, -0.15) is 0 Å². The summed E-state index contributed by atoms with van der Waals surface area (Å²) >= 11 is 1.33. The first-order valence-corrected chi connectivity index (χ1v) is 10.8. The molecule has 1 aromatic carbocycles. The van der Waals surface area contributed by atoms with Gasteiger partial charge in [-0.05, 0) is 42.5 Å². The zero-order valence-electron chi connectivity index (χ0n) is 16.7. The van der Waals surface area contributed by atoms with Crippen molar-refractivity contribution in [2.75, 3.05) is 13.1 Å². The van der Waals surface area contributed by atoms with E-state index in [4.69, 9.17) is 0 Å². The Kier molecular flexibility index (Phi) is 5.42. The first-order valence-electron chi connectivity index (χ1n) is 9.95. The molecule has 2 N–H and O–H groups in total. The monoisotopic (exact) mass is 425 g/mol. The van der Waals surface area contributed by atoms with Crippen LogP contribution in [0.2, 0.25) is 0 Å². The van der Waals surface area contributed by atoms with E-state index in [1.165, 1.54) is 23.8 Å². The van der Waals surface area contributed by atoms with Gasteiger partial charge in [-0.15, -0.1) is 11.3 Å². The van der Waals surface area contributed by atoms with E-state index in [2.05, 4.69) is 10.6 Å². The number of amides is 4. The second kappa shape index (κ2) is 8.02. The van der Waals surface area contributed by atoms with E-state index in [0.29, 0.717) is 37.1 Å². The van der Waals surface area contributed by atoms with Crippen LogP contribution in [0.15, 0.2) is 36.4 Å². The average molecular weight is 426 g/mol. The Bertz CT molecular complexity index is 1030. The Morgan fingerprint density at radius 1 is 1.17 bits per heavy atom. The molecule has 1 unspecified atom stereocenters. The molecule has 2 aromatic rings. The summed E-state index contributed by atoms with van der Waals surface area (Å²) in [6, 6.07) is 11.0. The zero-order valence-corrected chi connectivity index (χ0v) is 17.5. The van der Waals surface area contributed by atoms with E-state index < -0.39 is 11.6 Å². The van der Waals surface area contributed by atoms with Gasteiger partial charge in [0, 0.05) is 24.8 Å². The number of carbonyl (C=O) groups excluding carboxylic acids is 4. The standard InChI is InChI=1S/C22H23N3O4S/c1-14(26)23-11-9-17-6-7-19(30-17)18(27)13-25-20(28)22(24-21(25)29)10-8-15-4-2-3-5-16(15)12-22/h2-7H,8-13H2,1H3,(H,23,26)(H,24,29). The lowest BCUT2D eigenvalue weighted by molar-refractivity contribution is -0.131. The molecule has 0 bridgehead atoms. The largest absolute Gasteiger partial charge is 0.356 e. The Morgan fingerprint density at radius 2 is 1.93 bits per heavy atom. The van der Waals surface area contributed by atoms with Crippen LogP contribution in [0.5, 0.6) is 0 Å².